The summed E-state index contributed by atoms with van der Waals surface area (Å²) in [6.45, 7) is 5.50. The zero-order chi connectivity index (χ0) is 17.5. The second kappa shape index (κ2) is 9.75. The summed E-state index contributed by atoms with van der Waals surface area (Å²) >= 11 is 5.96. The first-order chi connectivity index (χ1) is 12.2. The van der Waals surface area contributed by atoms with Crippen LogP contribution in [-0.4, -0.2) is 19.5 Å². The monoisotopic (exact) mass is 362 g/mol. The Balaban J connectivity index is 1.34. The number of allylic oxidation sites excluding steroid dienone is 1. The molecule has 3 heteroatoms. The van der Waals surface area contributed by atoms with Gasteiger partial charge in [-0.3, -0.25) is 0 Å². The van der Waals surface area contributed by atoms with Crippen LogP contribution in [0, 0.1) is 17.8 Å². The summed E-state index contributed by atoms with van der Waals surface area (Å²) in [5.74, 6) is 1.98. The van der Waals surface area contributed by atoms with Crippen LogP contribution >= 0.6 is 11.6 Å². The molecule has 1 heterocycles. The summed E-state index contributed by atoms with van der Waals surface area (Å²) < 4.78 is 12.1. The topological polar surface area (TPSA) is 18.5 Å². The van der Waals surface area contributed by atoms with Gasteiger partial charge >= 0.3 is 0 Å². The first-order valence-corrected chi connectivity index (χ1v) is 10.2. The Bertz CT molecular complexity index is 511. The van der Waals surface area contributed by atoms with Gasteiger partial charge in [-0.15, -0.1) is 6.58 Å². The molecule has 0 spiro atoms. The summed E-state index contributed by atoms with van der Waals surface area (Å²) in [6.07, 6.45) is 11.8. The summed E-state index contributed by atoms with van der Waals surface area (Å²) in [5, 5.41) is 0.823. The maximum atomic E-state index is 6.03. The van der Waals surface area contributed by atoms with Crippen LogP contribution in [0.25, 0.3) is 0 Å². The minimum Gasteiger partial charge on any atom is -0.352 e. The molecule has 3 rings (SSSR count). The Morgan fingerprint density at radius 1 is 0.960 bits per heavy atom. The van der Waals surface area contributed by atoms with Crippen molar-refractivity contribution in [1.82, 2.24) is 0 Å². The molecule has 0 atom stereocenters. The number of halogens is 1. The number of aryl methyl sites for hydroxylation is 1. The Hall–Kier alpha value is -0.830. The van der Waals surface area contributed by atoms with Gasteiger partial charge in [0.1, 0.15) is 0 Å². The fourth-order valence-corrected chi connectivity index (χ4v) is 4.25. The highest BCUT2D eigenvalue weighted by Crippen LogP contribution is 2.36. The van der Waals surface area contributed by atoms with E-state index in [9.17, 15) is 0 Å². The van der Waals surface area contributed by atoms with Gasteiger partial charge in [-0.25, -0.2) is 0 Å². The van der Waals surface area contributed by atoms with Crippen molar-refractivity contribution < 1.29 is 9.47 Å². The lowest BCUT2D eigenvalue weighted by molar-refractivity contribution is -0.229. The fourth-order valence-electron chi connectivity index (χ4n) is 4.12. The SMILES string of the molecule is C=CCCC1COC(C2CCC(CCc3ccc(Cl)cc3)CC2)OC1. The third kappa shape index (κ3) is 5.84. The van der Waals surface area contributed by atoms with Crippen LogP contribution in [0.15, 0.2) is 36.9 Å². The maximum absolute atomic E-state index is 6.03. The molecule has 1 aliphatic heterocycles. The Kier molecular flexibility index (Phi) is 7.39. The van der Waals surface area contributed by atoms with Crippen molar-refractivity contribution >= 4 is 11.6 Å². The quantitative estimate of drug-likeness (QED) is 0.551. The fraction of sp³-hybridized carbons (Fsp3) is 0.636. The van der Waals surface area contributed by atoms with Gasteiger partial charge in [-0.2, -0.15) is 0 Å². The Labute approximate surface area is 157 Å². The van der Waals surface area contributed by atoms with Crippen molar-refractivity contribution in [2.24, 2.45) is 17.8 Å². The van der Waals surface area contributed by atoms with E-state index in [-0.39, 0.29) is 6.29 Å². The number of benzene rings is 1. The van der Waals surface area contributed by atoms with Crippen molar-refractivity contribution in [1.29, 1.82) is 0 Å². The van der Waals surface area contributed by atoms with Gasteiger partial charge in [0.2, 0.25) is 0 Å². The molecule has 0 unspecified atom stereocenters. The highest BCUT2D eigenvalue weighted by molar-refractivity contribution is 6.30. The van der Waals surface area contributed by atoms with E-state index < -0.39 is 0 Å². The predicted octanol–water partition coefficient (Wildman–Crippen LogP) is 6.03. The van der Waals surface area contributed by atoms with E-state index in [0.717, 1.165) is 43.4 Å². The molecule has 0 bridgehead atoms. The van der Waals surface area contributed by atoms with Crippen molar-refractivity contribution in [3.63, 3.8) is 0 Å². The van der Waals surface area contributed by atoms with Crippen LogP contribution in [0.1, 0.15) is 50.5 Å². The molecule has 1 saturated carbocycles. The lowest BCUT2D eigenvalue weighted by Crippen LogP contribution is -2.38. The molecular weight excluding hydrogens is 332 g/mol. The second-order valence-corrected chi connectivity index (χ2v) is 8.15. The van der Waals surface area contributed by atoms with Crippen molar-refractivity contribution in [2.45, 2.75) is 57.7 Å². The van der Waals surface area contributed by atoms with E-state index in [1.54, 1.807) is 0 Å². The maximum Gasteiger partial charge on any atom is 0.160 e. The molecule has 2 fully saturated rings. The molecule has 1 aliphatic carbocycles. The molecule has 1 saturated heterocycles. The summed E-state index contributed by atoms with van der Waals surface area (Å²) in [4.78, 5) is 0. The number of ether oxygens (including phenoxy) is 2. The van der Waals surface area contributed by atoms with E-state index in [4.69, 9.17) is 21.1 Å². The normalized spacial score (nSPS) is 30.1. The van der Waals surface area contributed by atoms with Crippen molar-refractivity contribution in [3.8, 4) is 0 Å². The highest BCUT2D eigenvalue weighted by atomic mass is 35.5. The van der Waals surface area contributed by atoms with E-state index >= 15 is 0 Å². The van der Waals surface area contributed by atoms with Crippen LogP contribution in [-0.2, 0) is 15.9 Å². The minimum absolute atomic E-state index is 0.0391. The Morgan fingerprint density at radius 2 is 1.64 bits per heavy atom. The largest absolute Gasteiger partial charge is 0.352 e. The molecule has 138 valence electrons. The van der Waals surface area contributed by atoms with Crippen LogP contribution in [0.4, 0.5) is 0 Å². The van der Waals surface area contributed by atoms with Crippen LogP contribution in [0.2, 0.25) is 5.02 Å². The summed E-state index contributed by atoms with van der Waals surface area (Å²) in [7, 11) is 0. The van der Waals surface area contributed by atoms with Gasteiger partial charge < -0.3 is 9.47 Å². The third-order valence-corrected chi connectivity index (χ3v) is 6.05. The first kappa shape index (κ1) is 18.9. The van der Waals surface area contributed by atoms with Gasteiger partial charge in [-0.1, -0.05) is 29.8 Å². The smallest absolute Gasteiger partial charge is 0.160 e. The Morgan fingerprint density at radius 3 is 2.28 bits per heavy atom. The van der Waals surface area contributed by atoms with E-state index in [1.165, 1.54) is 37.7 Å². The van der Waals surface area contributed by atoms with Gasteiger partial charge in [0.25, 0.3) is 0 Å². The lowest BCUT2D eigenvalue weighted by atomic mass is 9.79. The standard InChI is InChI=1S/C22H31ClO2/c1-2-3-4-19-15-24-22(25-16-19)20-11-7-17(8-12-20)5-6-18-9-13-21(23)14-10-18/h2,9-10,13-14,17,19-20,22H,1,3-8,11-12,15-16H2. The zero-order valence-corrected chi connectivity index (χ0v) is 15.9. The highest BCUT2D eigenvalue weighted by Gasteiger charge is 2.32. The van der Waals surface area contributed by atoms with Gasteiger partial charge in [0.05, 0.1) is 13.2 Å². The zero-order valence-electron chi connectivity index (χ0n) is 15.2. The van der Waals surface area contributed by atoms with Crippen LogP contribution in [0.5, 0.6) is 0 Å². The van der Waals surface area contributed by atoms with Crippen molar-refractivity contribution in [3.05, 3.63) is 47.5 Å². The average Bonchev–Trinajstić information content (AvgIpc) is 2.67. The van der Waals surface area contributed by atoms with Crippen molar-refractivity contribution in [2.75, 3.05) is 13.2 Å². The molecule has 0 aromatic heterocycles. The molecular formula is C22H31ClO2. The molecule has 0 amide bonds. The van der Waals surface area contributed by atoms with Gasteiger partial charge in [0.15, 0.2) is 6.29 Å². The molecule has 2 nitrogen and oxygen atoms in total. The molecule has 0 N–H and O–H groups in total. The third-order valence-electron chi connectivity index (χ3n) is 5.80. The molecule has 1 aromatic carbocycles. The van der Waals surface area contributed by atoms with Crippen LogP contribution in [0.3, 0.4) is 0 Å². The molecule has 1 aromatic rings. The summed E-state index contributed by atoms with van der Waals surface area (Å²) in [6, 6.07) is 8.29. The number of hydrogen-bond acceptors (Lipinski definition) is 2. The minimum atomic E-state index is 0.0391. The van der Waals surface area contributed by atoms with Gasteiger partial charge in [-0.05, 0) is 75.0 Å². The number of rotatable bonds is 7. The van der Waals surface area contributed by atoms with Crippen LogP contribution < -0.4 is 0 Å². The first-order valence-electron chi connectivity index (χ1n) is 9.83. The number of hydrogen-bond donors (Lipinski definition) is 0. The molecule has 25 heavy (non-hydrogen) atoms. The van der Waals surface area contributed by atoms with E-state index in [2.05, 4.69) is 18.7 Å². The average molecular weight is 363 g/mol. The van der Waals surface area contributed by atoms with E-state index in [0.29, 0.717) is 11.8 Å². The molecule has 2 aliphatic rings. The van der Waals surface area contributed by atoms with E-state index in [1.807, 2.05) is 18.2 Å². The predicted molar refractivity (Wildman–Crippen MR) is 104 cm³/mol. The lowest BCUT2D eigenvalue weighted by Gasteiger charge is -2.37. The van der Waals surface area contributed by atoms with Gasteiger partial charge in [0, 0.05) is 16.9 Å². The second-order valence-electron chi connectivity index (χ2n) is 7.71. The summed E-state index contributed by atoms with van der Waals surface area (Å²) in [5.41, 5.74) is 1.40. The molecule has 0 radical (unpaired) electrons.